The molecule has 7 heteroatoms. The predicted octanol–water partition coefficient (Wildman–Crippen LogP) is 1.90. The van der Waals surface area contributed by atoms with Crippen molar-refractivity contribution in [1.29, 1.82) is 0 Å². The van der Waals surface area contributed by atoms with Crippen molar-refractivity contribution in [2.45, 2.75) is 39.5 Å². The summed E-state index contributed by atoms with van der Waals surface area (Å²) in [6.07, 6.45) is 0.342. The van der Waals surface area contributed by atoms with Gasteiger partial charge in [0.2, 0.25) is 0 Å². The number of carbonyl (C=O) groups excluding carboxylic acids is 3. The van der Waals surface area contributed by atoms with Crippen LogP contribution in [0.4, 0.5) is 0 Å². The highest BCUT2D eigenvalue weighted by molar-refractivity contribution is 6.29. The number of carbonyl (C=O) groups is 3. The maximum atomic E-state index is 11.5. The van der Waals surface area contributed by atoms with Crippen molar-refractivity contribution in [1.82, 2.24) is 0 Å². The van der Waals surface area contributed by atoms with Crippen LogP contribution in [0.2, 0.25) is 0 Å². The molecule has 0 aromatic rings. The second kappa shape index (κ2) is 8.53. The van der Waals surface area contributed by atoms with Crippen LogP contribution in [0.3, 0.4) is 0 Å². The van der Waals surface area contributed by atoms with Gasteiger partial charge >= 0.3 is 17.9 Å². The van der Waals surface area contributed by atoms with Crippen molar-refractivity contribution in [2.75, 3.05) is 6.61 Å². The summed E-state index contributed by atoms with van der Waals surface area (Å²) >= 11 is 5.58. The van der Waals surface area contributed by atoms with Gasteiger partial charge in [0.15, 0.2) is 0 Å². The van der Waals surface area contributed by atoms with Crippen LogP contribution in [-0.2, 0) is 28.9 Å². The van der Waals surface area contributed by atoms with Crippen molar-refractivity contribution < 1.29 is 28.9 Å². The SMILES string of the molecule is CCOC(=O)C(C)=C(C)C(=O)OOC(=O)C(Cl)CC. The molecular formula is C12H17ClO6. The molecule has 0 aromatic carbocycles. The number of hydrogen-bond donors (Lipinski definition) is 0. The number of alkyl halides is 1. The molecule has 0 heterocycles. The highest BCUT2D eigenvalue weighted by atomic mass is 35.5. The zero-order valence-corrected chi connectivity index (χ0v) is 12.1. The number of esters is 1. The highest BCUT2D eigenvalue weighted by Crippen LogP contribution is 2.09. The molecule has 0 spiro atoms. The van der Waals surface area contributed by atoms with Crippen LogP contribution in [0.15, 0.2) is 11.1 Å². The molecule has 0 aromatic heterocycles. The number of halogens is 1. The fourth-order valence-electron chi connectivity index (χ4n) is 0.906. The summed E-state index contributed by atoms with van der Waals surface area (Å²) in [5.41, 5.74) is 0.0784. The summed E-state index contributed by atoms with van der Waals surface area (Å²) in [6, 6.07) is 0. The van der Waals surface area contributed by atoms with E-state index in [1.807, 2.05) is 0 Å². The lowest BCUT2D eigenvalue weighted by atomic mass is 10.1. The normalized spacial score (nSPS) is 13.1. The standard InChI is InChI=1S/C12H17ClO6/c1-5-9(13)12(16)19-18-11(15)8(4)7(3)10(14)17-6-2/h9H,5-6H2,1-4H3. The van der Waals surface area contributed by atoms with E-state index in [-0.39, 0.29) is 17.8 Å². The first-order valence-corrected chi connectivity index (χ1v) is 6.20. The molecule has 0 aliphatic heterocycles. The first-order valence-electron chi connectivity index (χ1n) is 5.76. The Kier molecular flexibility index (Phi) is 7.83. The van der Waals surface area contributed by atoms with Gasteiger partial charge in [0.25, 0.3) is 0 Å². The van der Waals surface area contributed by atoms with E-state index < -0.39 is 23.3 Å². The molecule has 0 rings (SSSR count). The second-order valence-corrected chi connectivity index (χ2v) is 4.15. The quantitative estimate of drug-likeness (QED) is 0.253. The van der Waals surface area contributed by atoms with E-state index in [2.05, 4.69) is 9.78 Å². The third-order valence-electron chi connectivity index (χ3n) is 2.26. The van der Waals surface area contributed by atoms with Crippen LogP contribution in [0.25, 0.3) is 0 Å². The van der Waals surface area contributed by atoms with Crippen LogP contribution < -0.4 is 0 Å². The van der Waals surface area contributed by atoms with Gasteiger partial charge in [0, 0.05) is 11.1 Å². The fourth-order valence-corrected chi connectivity index (χ4v) is 0.942. The van der Waals surface area contributed by atoms with E-state index in [9.17, 15) is 14.4 Å². The molecule has 0 radical (unpaired) electrons. The third kappa shape index (κ3) is 5.74. The zero-order valence-electron chi connectivity index (χ0n) is 11.3. The van der Waals surface area contributed by atoms with Crippen molar-refractivity contribution in [2.24, 2.45) is 0 Å². The van der Waals surface area contributed by atoms with Gasteiger partial charge in [-0.3, -0.25) is 0 Å². The minimum absolute atomic E-state index is 0.00568. The van der Waals surface area contributed by atoms with E-state index in [0.29, 0.717) is 6.42 Å². The van der Waals surface area contributed by atoms with Crippen LogP contribution in [-0.4, -0.2) is 29.9 Å². The van der Waals surface area contributed by atoms with Gasteiger partial charge in [0.05, 0.1) is 6.61 Å². The van der Waals surface area contributed by atoms with Crippen molar-refractivity contribution in [3.8, 4) is 0 Å². The van der Waals surface area contributed by atoms with Gasteiger partial charge in [-0.1, -0.05) is 6.92 Å². The molecule has 0 aliphatic carbocycles. The Morgan fingerprint density at radius 1 is 1.00 bits per heavy atom. The molecular weight excluding hydrogens is 276 g/mol. The Morgan fingerprint density at radius 2 is 1.53 bits per heavy atom. The molecule has 108 valence electrons. The summed E-state index contributed by atoms with van der Waals surface area (Å²) in [7, 11) is 0. The number of hydrogen-bond acceptors (Lipinski definition) is 6. The lowest BCUT2D eigenvalue weighted by Gasteiger charge is -2.08. The molecule has 0 bridgehead atoms. The summed E-state index contributed by atoms with van der Waals surface area (Å²) < 4.78 is 4.72. The first-order chi connectivity index (χ1) is 8.84. The molecule has 0 amide bonds. The molecule has 0 fully saturated rings. The first kappa shape index (κ1) is 17.4. The Balaban J connectivity index is 4.54. The van der Waals surface area contributed by atoms with Crippen LogP contribution in [0.5, 0.6) is 0 Å². The highest BCUT2D eigenvalue weighted by Gasteiger charge is 2.21. The van der Waals surface area contributed by atoms with E-state index in [0.717, 1.165) is 0 Å². The van der Waals surface area contributed by atoms with E-state index in [1.54, 1.807) is 13.8 Å². The van der Waals surface area contributed by atoms with Crippen LogP contribution in [0.1, 0.15) is 34.1 Å². The molecule has 0 aliphatic rings. The van der Waals surface area contributed by atoms with Gasteiger partial charge in [-0.2, -0.15) is 0 Å². The summed E-state index contributed by atoms with van der Waals surface area (Å²) in [6.45, 7) is 6.29. The fraction of sp³-hybridized carbons (Fsp3) is 0.583. The van der Waals surface area contributed by atoms with Crippen LogP contribution in [0, 0.1) is 0 Å². The summed E-state index contributed by atoms with van der Waals surface area (Å²) in [4.78, 5) is 42.6. The topological polar surface area (TPSA) is 78.9 Å². The average molecular weight is 293 g/mol. The summed E-state index contributed by atoms with van der Waals surface area (Å²) in [5.74, 6) is -2.44. The minimum atomic E-state index is -0.945. The van der Waals surface area contributed by atoms with Crippen molar-refractivity contribution >= 4 is 29.5 Å². The van der Waals surface area contributed by atoms with Crippen molar-refractivity contribution in [3.05, 3.63) is 11.1 Å². The lowest BCUT2D eigenvalue weighted by molar-refractivity contribution is -0.255. The second-order valence-electron chi connectivity index (χ2n) is 3.62. The van der Waals surface area contributed by atoms with Gasteiger partial charge in [0.1, 0.15) is 5.38 Å². The molecule has 1 atom stereocenters. The number of rotatable bonds is 5. The lowest BCUT2D eigenvalue weighted by Crippen LogP contribution is -2.21. The van der Waals surface area contributed by atoms with E-state index in [1.165, 1.54) is 13.8 Å². The van der Waals surface area contributed by atoms with Gasteiger partial charge in [-0.15, -0.1) is 11.6 Å². The van der Waals surface area contributed by atoms with Gasteiger partial charge < -0.3 is 4.74 Å². The summed E-state index contributed by atoms with van der Waals surface area (Å²) in [5, 5.41) is -0.886. The van der Waals surface area contributed by atoms with Gasteiger partial charge in [-0.25, -0.2) is 24.2 Å². The smallest absolute Gasteiger partial charge is 0.382 e. The Labute approximate surface area is 116 Å². The maximum absolute atomic E-state index is 11.5. The molecule has 19 heavy (non-hydrogen) atoms. The molecule has 0 saturated carbocycles. The van der Waals surface area contributed by atoms with Crippen LogP contribution >= 0.6 is 11.6 Å². The van der Waals surface area contributed by atoms with E-state index in [4.69, 9.17) is 16.3 Å². The maximum Gasteiger partial charge on any atom is 0.382 e. The largest absolute Gasteiger partial charge is 0.463 e. The Bertz CT molecular complexity index is 388. The Morgan fingerprint density at radius 3 is 2.00 bits per heavy atom. The minimum Gasteiger partial charge on any atom is -0.463 e. The predicted molar refractivity (Wildman–Crippen MR) is 67.1 cm³/mol. The molecule has 1 unspecified atom stereocenters. The average Bonchev–Trinajstić information content (AvgIpc) is 2.41. The molecule has 0 saturated heterocycles. The van der Waals surface area contributed by atoms with Gasteiger partial charge in [-0.05, 0) is 27.2 Å². The molecule has 0 N–H and O–H groups in total. The Hall–Kier alpha value is -1.56. The van der Waals surface area contributed by atoms with Crippen molar-refractivity contribution in [3.63, 3.8) is 0 Å². The number of ether oxygens (including phenoxy) is 1. The monoisotopic (exact) mass is 292 g/mol. The third-order valence-corrected chi connectivity index (χ3v) is 2.75. The molecule has 6 nitrogen and oxygen atoms in total. The van der Waals surface area contributed by atoms with E-state index >= 15 is 0 Å². The zero-order chi connectivity index (χ0) is 15.0.